The first-order valence-electron chi connectivity index (χ1n) is 7.79. The highest BCUT2D eigenvalue weighted by atomic mass is 32.1. The number of rotatable bonds is 8. The number of nitrogens with zero attached hydrogens (tertiary/aromatic N) is 1. The second-order valence-corrected chi connectivity index (χ2v) is 6.57. The topological polar surface area (TPSA) is 86.8 Å². The van der Waals surface area contributed by atoms with E-state index in [1.54, 1.807) is 13.8 Å². The first kappa shape index (κ1) is 20.6. The van der Waals surface area contributed by atoms with E-state index in [4.69, 9.17) is 9.47 Å². The number of nitrogens with one attached hydrogen (secondary N) is 1. The number of ether oxygens (including phenoxy) is 3. The minimum absolute atomic E-state index is 0.0976. The summed E-state index contributed by atoms with van der Waals surface area (Å²) in [4.78, 5) is 28.3. The van der Waals surface area contributed by atoms with E-state index in [2.05, 4.69) is 15.0 Å². The molecule has 0 bridgehead atoms. The number of benzene rings is 1. The van der Waals surface area contributed by atoms with Gasteiger partial charge in [0.25, 0.3) is 5.91 Å². The van der Waals surface area contributed by atoms with Crippen molar-refractivity contribution in [3.8, 4) is 11.5 Å². The lowest BCUT2D eigenvalue weighted by atomic mass is 10.2. The molecule has 0 fully saturated rings. The summed E-state index contributed by atoms with van der Waals surface area (Å²) in [5, 5.41) is 3.30. The molecule has 2 rings (SSSR count). The number of aromatic nitrogens is 1. The maximum absolute atomic E-state index is 12.3. The molecule has 1 amide bonds. The highest BCUT2D eigenvalue weighted by Gasteiger charge is 2.17. The van der Waals surface area contributed by atoms with Crippen LogP contribution in [-0.2, 0) is 16.1 Å². The molecule has 27 heavy (non-hydrogen) atoms. The molecule has 0 aliphatic carbocycles. The van der Waals surface area contributed by atoms with Crippen LogP contribution in [-0.4, -0.2) is 37.2 Å². The van der Waals surface area contributed by atoms with Crippen molar-refractivity contribution in [3.63, 3.8) is 0 Å². The Labute approximate surface area is 158 Å². The number of aryl methyl sites for hydroxylation is 2. The summed E-state index contributed by atoms with van der Waals surface area (Å²) in [7, 11) is 1.32. The van der Waals surface area contributed by atoms with Crippen LogP contribution in [0.15, 0.2) is 18.2 Å². The van der Waals surface area contributed by atoms with Crippen molar-refractivity contribution < 1.29 is 32.6 Å². The molecule has 0 unspecified atom stereocenters. The summed E-state index contributed by atoms with van der Waals surface area (Å²) in [6.07, 6.45) is 0. The number of esters is 1. The number of alkyl halides is 2. The van der Waals surface area contributed by atoms with Crippen LogP contribution in [0, 0.1) is 13.8 Å². The summed E-state index contributed by atoms with van der Waals surface area (Å²) in [5.74, 6) is -1.10. The summed E-state index contributed by atoms with van der Waals surface area (Å²) in [6.45, 7) is 0.145. The molecule has 10 heteroatoms. The van der Waals surface area contributed by atoms with Crippen molar-refractivity contribution in [2.24, 2.45) is 0 Å². The quantitative estimate of drug-likeness (QED) is 0.686. The van der Waals surface area contributed by atoms with Gasteiger partial charge in [-0.05, 0) is 31.5 Å². The van der Waals surface area contributed by atoms with Crippen LogP contribution in [0.4, 0.5) is 8.78 Å². The highest BCUT2D eigenvalue weighted by molar-refractivity contribution is 7.13. The Balaban J connectivity index is 1.86. The van der Waals surface area contributed by atoms with Crippen LogP contribution >= 0.6 is 11.3 Å². The van der Waals surface area contributed by atoms with Gasteiger partial charge in [0.15, 0.2) is 18.1 Å². The van der Waals surface area contributed by atoms with E-state index in [0.29, 0.717) is 16.1 Å². The molecular formula is C17H18F2N2O5S. The number of halogens is 2. The van der Waals surface area contributed by atoms with Gasteiger partial charge in [0, 0.05) is 6.54 Å². The normalized spacial score (nSPS) is 10.6. The van der Waals surface area contributed by atoms with Gasteiger partial charge >= 0.3 is 12.6 Å². The third kappa shape index (κ3) is 5.88. The van der Waals surface area contributed by atoms with Gasteiger partial charge in [0.2, 0.25) is 0 Å². The molecule has 1 aromatic carbocycles. The molecule has 146 valence electrons. The molecule has 0 saturated carbocycles. The zero-order valence-corrected chi connectivity index (χ0v) is 15.7. The van der Waals surface area contributed by atoms with E-state index in [1.165, 1.54) is 36.6 Å². The van der Waals surface area contributed by atoms with Gasteiger partial charge in [-0.3, -0.25) is 4.79 Å². The molecular weight excluding hydrogens is 382 g/mol. The molecule has 1 heterocycles. The van der Waals surface area contributed by atoms with E-state index >= 15 is 0 Å². The smallest absolute Gasteiger partial charge is 0.387 e. The minimum Gasteiger partial charge on any atom is -0.493 e. The molecule has 0 aliphatic rings. The fraction of sp³-hybridized carbons (Fsp3) is 0.353. The highest BCUT2D eigenvalue weighted by Crippen LogP contribution is 2.29. The minimum atomic E-state index is -2.97. The molecule has 2 aromatic rings. The second-order valence-electron chi connectivity index (χ2n) is 5.36. The van der Waals surface area contributed by atoms with Crippen LogP contribution in [0.3, 0.4) is 0 Å². The van der Waals surface area contributed by atoms with Crippen molar-refractivity contribution >= 4 is 23.2 Å². The summed E-state index contributed by atoms with van der Waals surface area (Å²) >= 11 is 1.20. The summed E-state index contributed by atoms with van der Waals surface area (Å²) < 4.78 is 38.9. The second kappa shape index (κ2) is 9.26. The van der Waals surface area contributed by atoms with E-state index in [0.717, 1.165) is 5.01 Å². The lowest BCUT2D eigenvalue weighted by Crippen LogP contribution is -2.28. The Kier molecular flexibility index (Phi) is 7.05. The van der Waals surface area contributed by atoms with Gasteiger partial charge in [-0.2, -0.15) is 8.78 Å². The molecule has 7 nitrogen and oxygen atoms in total. The molecule has 0 spiro atoms. The maximum atomic E-state index is 12.3. The average Bonchev–Trinajstić information content (AvgIpc) is 2.96. The van der Waals surface area contributed by atoms with Gasteiger partial charge in [0.1, 0.15) is 4.88 Å². The Bertz CT molecular complexity index is 826. The number of carbonyl (C=O) groups is 2. The van der Waals surface area contributed by atoms with E-state index in [-0.39, 0.29) is 18.0 Å². The van der Waals surface area contributed by atoms with Crippen LogP contribution in [0.2, 0.25) is 0 Å². The Hall–Kier alpha value is -2.75. The molecule has 0 aliphatic heterocycles. The summed E-state index contributed by atoms with van der Waals surface area (Å²) in [6, 6.07) is 4.30. The lowest BCUT2D eigenvalue weighted by Gasteiger charge is -2.12. The van der Waals surface area contributed by atoms with Crippen molar-refractivity contribution in [1.82, 2.24) is 10.3 Å². The molecule has 0 radical (unpaired) electrons. The largest absolute Gasteiger partial charge is 0.493 e. The number of thiazole rings is 1. The Morgan fingerprint density at radius 1 is 1.26 bits per heavy atom. The zero-order chi connectivity index (χ0) is 20.0. The number of methoxy groups -OCH3 is 1. The van der Waals surface area contributed by atoms with E-state index in [1.807, 2.05) is 0 Å². The fourth-order valence-corrected chi connectivity index (χ4v) is 3.00. The predicted molar refractivity (Wildman–Crippen MR) is 93.3 cm³/mol. The van der Waals surface area contributed by atoms with Gasteiger partial charge in [-0.1, -0.05) is 6.07 Å². The van der Waals surface area contributed by atoms with E-state index in [9.17, 15) is 18.4 Å². The van der Waals surface area contributed by atoms with Crippen LogP contribution in [0.1, 0.15) is 25.9 Å². The lowest BCUT2D eigenvalue weighted by molar-refractivity contribution is -0.124. The van der Waals surface area contributed by atoms with Crippen LogP contribution in [0.5, 0.6) is 11.5 Å². The molecule has 1 aromatic heterocycles. The first-order chi connectivity index (χ1) is 12.8. The number of amides is 1. The van der Waals surface area contributed by atoms with Gasteiger partial charge in [-0.25, -0.2) is 9.78 Å². The fourth-order valence-electron chi connectivity index (χ4n) is 2.18. The van der Waals surface area contributed by atoms with Gasteiger partial charge in [0.05, 0.1) is 17.8 Å². The number of hydrogen-bond donors (Lipinski definition) is 1. The monoisotopic (exact) mass is 400 g/mol. The molecule has 1 N–H and O–H groups in total. The maximum Gasteiger partial charge on any atom is 0.387 e. The molecule has 0 atom stereocenters. The Morgan fingerprint density at radius 2 is 2.00 bits per heavy atom. The average molecular weight is 400 g/mol. The van der Waals surface area contributed by atoms with Gasteiger partial charge < -0.3 is 19.5 Å². The van der Waals surface area contributed by atoms with Crippen molar-refractivity contribution in [3.05, 3.63) is 39.3 Å². The number of carbonyl (C=O) groups excluding carboxylic acids is 2. The summed E-state index contributed by atoms with van der Waals surface area (Å²) in [5.41, 5.74) is 1.16. The number of hydrogen-bond acceptors (Lipinski definition) is 7. The first-order valence-corrected chi connectivity index (χ1v) is 8.61. The van der Waals surface area contributed by atoms with E-state index < -0.39 is 25.1 Å². The SMILES string of the molecule is COc1cc(CNC(=O)COC(=O)c2sc(C)nc2C)ccc1OC(F)F. The third-order valence-electron chi connectivity index (χ3n) is 3.36. The Morgan fingerprint density at radius 3 is 2.59 bits per heavy atom. The van der Waals surface area contributed by atoms with Crippen molar-refractivity contribution in [2.75, 3.05) is 13.7 Å². The zero-order valence-electron chi connectivity index (χ0n) is 14.9. The van der Waals surface area contributed by atoms with Gasteiger partial charge in [-0.15, -0.1) is 11.3 Å². The van der Waals surface area contributed by atoms with Crippen LogP contribution in [0.25, 0.3) is 0 Å². The van der Waals surface area contributed by atoms with Crippen LogP contribution < -0.4 is 14.8 Å². The van der Waals surface area contributed by atoms with Crippen molar-refractivity contribution in [2.45, 2.75) is 27.0 Å². The predicted octanol–water partition coefficient (Wildman–Crippen LogP) is 2.84. The van der Waals surface area contributed by atoms with Crippen molar-refractivity contribution in [1.29, 1.82) is 0 Å². The third-order valence-corrected chi connectivity index (χ3v) is 4.41. The standard InChI is InChI=1S/C17H18F2N2O5S/c1-9-15(27-10(2)21-9)16(23)25-8-14(22)20-7-11-4-5-12(26-17(18)19)13(6-11)24-3/h4-6,17H,7-8H2,1-3H3,(H,20,22). The molecule has 0 saturated heterocycles.